The first-order valence-corrected chi connectivity index (χ1v) is 8.14. The predicted octanol–water partition coefficient (Wildman–Crippen LogP) is 4.31. The lowest BCUT2D eigenvalue weighted by molar-refractivity contribution is 0.0636. The van der Waals surface area contributed by atoms with E-state index in [0.717, 1.165) is 18.2 Å². The molecule has 22 heavy (non-hydrogen) atoms. The van der Waals surface area contributed by atoms with E-state index in [4.69, 9.17) is 4.74 Å². The summed E-state index contributed by atoms with van der Waals surface area (Å²) in [5, 5.41) is 6.29. The first-order valence-electron chi connectivity index (χ1n) is 8.14. The molecule has 1 unspecified atom stereocenters. The molecule has 1 aromatic carbocycles. The molecule has 1 aromatic rings. The van der Waals surface area contributed by atoms with Crippen molar-refractivity contribution >= 4 is 11.8 Å². The second-order valence-electron chi connectivity index (χ2n) is 7.28. The third-order valence-corrected chi connectivity index (χ3v) is 3.64. The summed E-state index contributed by atoms with van der Waals surface area (Å²) in [4.78, 5) is 11.7. The van der Waals surface area contributed by atoms with Crippen LogP contribution < -0.4 is 10.6 Å². The second-order valence-corrected chi connectivity index (χ2v) is 7.28. The van der Waals surface area contributed by atoms with E-state index in [0.29, 0.717) is 6.04 Å². The SMILES string of the molecule is CC(CC1CC1)NCc1ccc(NC(=O)OC(C)(C)C)cc1. The Morgan fingerprint density at radius 1 is 1.27 bits per heavy atom. The van der Waals surface area contributed by atoms with E-state index in [-0.39, 0.29) is 0 Å². The maximum atomic E-state index is 11.7. The highest BCUT2D eigenvalue weighted by molar-refractivity contribution is 5.84. The molecule has 4 nitrogen and oxygen atoms in total. The molecule has 0 spiro atoms. The summed E-state index contributed by atoms with van der Waals surface area (Å²) in [6.45, 7) is 8.66. The summed E-state index contributed by atoms with van der Waals surface area (Å²) < 4.78 is 5.23. The number of nitrogens with one attached hydrogen (secondary N) is 2. The predicted molar refractivity (Wildman–Crippen MR) is 89.9 cm³/mol. The monoisotopic (exact) mass is 304 g/mol. The van der Waals surface area contributed by atoms with E-state index in [1.54, 1.807) is 0 Å². The average molecular weight is 304 g/mol. The number of hydrogen-bond acceptors (Lipinski definition) is 3. The van der Waals surface area contributed by atoms with E-state index < -0.39 is 11.7 Å². The molecule has 0 aromatic heterocycles. The fourth-order valence-corrected chi connectivity index (χ4v) is 2.36. The van der Waals surface area contributed by atoms with Crippen molar-refractivity contribution in [2.24, 2.45) is 5.92 Å². The average Bonchev–Trinajstić information content (AvgIpc) is 3.19. The molecule has 1 aliphatic rings. The van der Waals surface area contributed by atoms with Crippen molar-refractivity contribution in [2.75, 3.05) is 5.32 Å². The summed E-state index contributed by atoms with van der Waals surface area (Å²) in [6.07, 6.45) is 3.66. The zero-order valence-corrected chi connectivity index (χ0v) is 14.1. The van der Waals surface area contributed by atoms with Gasteiger partial charge in [-0.15, -0.1) is 0 Å². The van der Waals surface area contributed by atoms with Crippen molar-refractivity contribution in [1.29, 1.82) is 0 Å². The largest absolute Gasteiger partial charge is 0.444 e. The summed E-state index contributed by atoms with van der Waals surface area (Å²) in [7, 11) is 0. The zero-order chi connectivity index (χ0) is 16.2. The first kappa shape index (κ1) is 16.8. The molecule has 1 fully saturated rings. The van der Waals surface area contributed by atoms with E-state index in [2.05, 4.69) is 17.6 Å². The minimum absolute atomic E-state index is 0.420. The van der Waals surface area contributed by atoms with Gasteiger partial charge in [-0.1, -0.05) is 25.0 Å². The number of carbonyl (C=O) groups excluding carboxylic acids is 1. The molecule has 0 heterocycles. The Morgan fingerprint density at radius 3 is 2.45 bits per heavy atom. The maximum absolute atomic E-state index is 11.7. The van der Waals surface area contributed by atoms with Crippen LogP contribution in [0.25, 0.3) is 0 Å². The van der Waals surface area contributed by atoms with Gasteiger partial charge >= 0.3 is 6.09 Å². The normalized spacial score (nSPS) is 16.2. The number of anilines is 1. The van der Waals surface area contributed by atoms with Crippen LogP contribution in [0.5, 0.6) is 0 Å². The van der Waals surface area contributed by atoms with Crippen molar-refractivity contribution < 1.29 is 9.53 Å². The molecule has 122 valence electrons. The fourth-order valence-electron chi connectivity index (χ4n) is 2.36. The summed E-state index contributed by atoms with van der Waals surface area (Å²) in [5.41, 5.74) is 1.49. The van der Waals surface area contributed by atoms with Gasteiger partial charge in [0.15, 0.2) is 0 Å². The van der Waals surface area contributed by atoms with Crippen molar-refractivity contribution in [3.8, 4) is 0 Å². The number of amides is 1. The van der Waals surface area contributed by atoms with Crippen LogP contribution in [0.2, 0.25) is 0 Å². The Balaban J connectivity index is 1.75. The number of benzene rings is 1. The molecule has 1 atom stereocenters. The Labute approximate surface area is 133 Å². The van der Waals surface area contributed by atoms with Crippen LogP contribution in [0.4, 0.5) is 10.5 Å². The summed E-state index contributed by atoms with van der Waals surface area (Å²) in [6, 6.07) is 8.44. The second kappa shape index (κ2) is 7.14. The van der Waals surface area contributed by atoms with Crippen LogP contribution in [-0.2, 0) is 11.3 Å². The highest BCUT2D eigenvalue weighted by Gasteiger charge is 2.23. The lowest BCUT2D eigenvalue weighted by atomic mass is 10.1. The highest BCUT2D eigenvalue weighted by Crippen LogP contribution is 2.33. The Hall–Kier alpha value is -1.55. The van der Waals surface area contributed by atoms with Crippen molar-refractivity contribution in [3.05, 3.63) is 29.8 Å². The number of rotatable bonds is 6. The van der Waals surface area contributed by atoms with Gasteiger partial charge in [0.1, 0.15) is 5.60 Å². The van der Waals surface area contributed by atoms with Crippen LogP contribution in [0, 0.1) is 5.92 Å². The minimum Gasteiger partial charge on any atom is -0.444 e. The molecule has 0 saturated heterocycles. The molecular weight excluding hydrogens is 276 g/mol. The molecule has 0 aliphatic heterocycles. The van der Waals surface area contributed by atoms with Gasteiger partial charge in [-0.3, -0.25) is 5.32 Å². The third-order valence-electron chi connectivity index (χ3n) is 3.64. The summed E-state index contributed by atoms with van der Waals surface area (Å²) in [5.74, 6) is 0.947. The van der Waals surface area contributed by atoms with E-state index in [1.165, 1.54) is 24.8 Å². The van der Waals surface area contributed by atoms with Gasteiger partial charge in [0, 0.05) is 18.3 Å². The van der Waals surface area contributed by atoms with E-state index >= 15 is 0 Å². The zero-order valence-electron chi connectivity index (χ0n) is 14.1. The van der Waals surface area contributed by atoms with Crippen molar-refractivity contribution in [1.82, 2.24) is 5.32 Å². The lowest BCUT2D eigenvalue weighted by Crippen LogP contribution is -2.27. The van der Waals surface area contributed by atoms with E-state index in [9.17, 15) is 4.79 Å². The Kier molecular flexibility index (Phi) is 5.46. The number of carbonyl (C=O) groups is 1. The number of hydrogen-bond donors (Lipinski definition) is 2. The molecule has 0 radical (unpaired) electrons. The molecule has 1 amide bonds. The minimum atomic E-state index is -0.481. The van der Waals surface area contributed by atoms with E-state index in [1.807, 2.05) is 45.0 Å². The Morgan fingerprint density at radius 2 is 1.91 bits per heavy atom. The molecule has 2 rings (SSSR count). The smallest absolute Gasteiger partial charge is 0.412 e. The third kappa shape index (κ3) is 6.48. The van der Waals surface area contributed by atoms with Gasteiger partial charge in [0.05, 0.1) is 0 Å². The topological polar surface area (TPSA) is 50.4 Å². The molecule has 1 aliphatic carbocycles. The molecular formula is C18H28N2O2. The van der Waals surface area contributed by atoms with Gasteiger partial charge in [-0.25, -0.2) is 4.79 Å². The first-order chi connectivity index (χ1) is 10.3. The van der Waals surface area contributed by atoms with Crippen LogP contribution in [0.3, 0.4) is 0 Å². The van der Waals surface area contributed by atoms with Crippen LogP contribution in [0.1, 0.15) is 52.5 Å². The van der Waals surface area contributed by atoms with Crippen molar-refractivity contribution in [2.45, 2.75) is 65.1 Å². The van der Waals surface area contributed by atoms with Crippen LogP contribution in [-0.4, -0.2) is 17.7 Å². The maximum Gasteiger partial charge on any atom is 0.412 e. The van der Waals surface area contributed by atoms with Crippen molar-refractivity contribution in [3.63, 3.8) is 0 Å². The van der Waals surface area contributed by atoms with Crippen LogP contribution >= 0.6 is 0 Å². The van der Waals surface area contributed by atoms with Gasteiger partial charge in [-0.05, 0) is 57.7 Å². The van der Waals surface area contributed by atoms with Gasteiger partial charge in [-0.2, -0.15) is 0 Å². The van der Waals surface area contributed by atoms with Gasteiger partial charge in [0.25, 0.3) is 0 Å². The Bertz CT molecular complexity index is 487. The van der Waals surface area contributed by atoms with Gasteiger partial charge < -0.3 is 10.1 Å². The molecule has 2 N–H and O–H groups in total. The fraction of sp³-hybridized carbons (Fsp3) is 0.611. The highest BCUT2D eigenvalue weighted by atomic mass is 16.6. The molecule has 0 bridgehead atoms. The quantitative estimate of drug-likeness (QED) is 0.823. The van der Waals surface area contributed by atoms with Crippen LogP contribution in [0.15, 0.2) is 24.3 Å². The van der Waals surface area contributed by atoms with Gasteiger partial charge in [0.2, 0.25) is 0 Å². The summed E-state index contributed by atoms with van der Waals surface area (Å²) >= 11 is 0. The number of ether oxygens (including phenoxy) is 1. The lowest BCUT2D eigenvalue weighted by Gasteiger charge is -2.19. The molecule has 1 saturated carbocycles. The standard InChI is InChI=1S/C18H28N2O2/c1-13(11-14-5-6-14)19-12-15-7-9-16(10-8-15)20-17(21)22-18(2,3)4/h7-10,13-14,19H,5-6,11-12H2,1-4H3,(H,20,21). The molecule has 4 heteroatoms.